The average molecular weight is 499 g/mol. The highest BCUT2D eigenvalue weighted by atomic mass is 35.5. The van der Waals surface area contributed by atoms with E-state index < -0.39 is 11.2 Å². The summed E-state index contributed by atoms with van der Waals surface area (Å²) in [7, 11) is 0. The molecule has 0 aliphatic rings. The first-order chi connectivity index (χ1) is 17.5. The Kier molecular flexibility index (Phi) is 6.31. The van der Waals surface area contributed by atoms with E-state index in [1.54, 1.807) is 60.7 Å². The van der Waals surface area contributed by atoms with Crippen LogP contribution in [0, 0.1) is 0 Å². The van der Waals surface area contributed by atoms with Crippen molar-refractivity contribution in [1.82, 2.24) is 13.7 Å². The van der Waals surface area contributed by atoms with Crippen LogP contribution >= 0.6 is 11.6 Å². The average Bonchev–Trinajstić information content (AvgIpc) is 2.89. The summed E-state index contributed by atoms with van der Waals surface area (Å²) in [6.45, 7) is 2.28. The Hall–Kier alpha value is -4.36. The van der Waals surface area contributed by atoms with Gasteiger partial charge in [0.1, 0.15) is 11.0 Å². The first kappa shape index (κ1) is 23.4. The molecule has 0 atom stereocenters. The van der Waals surface area contributed by atoms with Crippen molar-refractivity contribution < 1.29 is 0 Å². The van der Waals surface area contributed by atoms with Gasteiger partial charge in [0.25, 0.3) is 11.1 Å². The molecule has 8 heteroatoms. The van der Waals surface area contributed by atoms with Gasteiger partial charge in [-0.05, 0) is 55.0 Å². The molecule has 7 nitrogen and oxygen atoms in total. The number of anilines is 2. The molecule has 1 N–H and O–H groups in total. The van der Waals surface area contributed by atoms with Crippen molar-refractivity contribution in [3.05, 3.63) is 127 Å². The number of benzene rings is 3. The normalized spacial score (nSPS) is 11.1. The summed E-state index contributed by atoms with van der Waals surface area (Å²) >= 11 is 6.04. The van der Waals surface area contributed by atoms with Crippen molar-refractivity contribution in [2.24, 2.45) is 0 Å². The summed E-state index contributed by atoms with van der Waals surface area (Å²) in [6.07, 6.45) is 0.643. The highest BCUT2D eigenvalue weighted by molar-refractivity contribution is 6.30. The van der Waals surface area contributed by atoms with Crippen LogP contribution in [-0.4, -0.2) is 13.7 Å². The zero-order valence-corrected chi connectivity index (χ0v) is 20.3. The van der Waals surface area contributed by atoms with E-state index in [-0.39, 0.29) is 16.6 Å². The van der Waals surface area contributed by atoms with E-state index in [9.17, 15) is 14.4 Å². The van der Waals surface area contributed by atoms with Gasteiger partial charge in [-0.1, -0.05) is 54.9 Å². The topological polar surface area (TPSA) is 78.0 Å². The van der Waals surface area contributed by atoms with Crippen LogP contribution in [0.2, 0.25) is 5.02 Å². The third kappa shape index (κ3) is 4.14. The fourth-order valence-electron chi connectivity index (χ4n) is 4.31. The second-order valence-corrected chi connectivity index (χ2v) is 8.74. The smallest absolute Gasteiger partial charge is 0.341 e. The summed E-state index contributed by atoms with van der Waals surface area (Å²) in [5, 5.41) is 3.99. The standard InChI is InChI=1S/C28H23ClN4O3/c1-2-17-31-24(34)18-23(30-20-15-13-19(29)14-16-20)25-26(31)32(21-9-5-3-6-10-21)28(36)33(27(25)35)22-11-7-4-8-12-22/h3-16,18,30H,2,17H2,1H3. The number of nitrogens with zero attached hydrogens (tertiary/aromatic N) is 3. The molecule has 5 aromatic rings. The minimum atomic E-state index is -0.558. The maximum Gasteiger partial charge on any atom is 0.341 e. The summed E-state index contributed by atoms with van der Waals surface area (Å²) in [4.78, 5) is 41.3. The predicted molar refractivity (Wildman–Crippen MR) is 144 cm³/mol. The fraction of sp³-hybridized carbons (Fsp3) is 0.107. The van der Waals surface area contributed by atoms with Crippen LogP contribution in [-0.2, 0) is 6.54 Å². The number of hydrogen-bond donors (Lipinski definition) is 1. The van der Waals surface area contributed by atoms with Crippen LogP contribution in [0.1, 0.15) is 13.3 Å². The first-order valence-electron chi connectivity index (χ1n) is 11.6. The van der Waals surface area contributed by atoms with Crippen molar-refractivity contribution in [1.29, 1.82) is 0 Å². The molecule has 0 radical (unpaired) electrons. The van der Waals surface area contributed by atoms with Gasteiger partial charge in [-0.2, -0.15) is 0 Å². The number of para-hydroxylation sites is 2. The minimum Gasteiger partial charge on any atom is -0.355 e. The third-order valence-electron chi connectivity index (χ3n) is 5.89. The number of halogens is 1. The molecule has 5 rings (SSSR count). The highest BCUT2D eigenvalue weighted by Crippen LogP contribution is 2.25. The van der Waals surface area contributed by atoms with Crippen molar-refractivity contribution in [2.45, 2.75) is 19.9 Å². The van der Waals surface area contributed by atoms with E-state index in [4.69, 9.17) is 11.6 Å². The van der Waals surface area contributed by atoms with E-state index in [1.807, 2.05) is 31.2 Å². The maximum absolute atomic E-state index is 14.0. The van der Waals surface area contributed by atoms with Crippen molar-refractivity contribution >= 4 is 34.0 Å². The van der Waals surface area contributed by atoms with E-state index in [2.05, 4.69) is 5.32 Å². The molecule has 3 aromatic carbocycles. The molecule has 0 unspecified atom stereocenters. The summed E-state index contributed by atoms with van der Waals surface area (Å²) in [5.41, 5.74) is 0.791. The molecule has 0 spiro atoms. The summed E-state index contributed by atoms with van der Waals surface area (Å²) in [5.74, 6) is 0. The monoisotopic (exact) mass is 498 g/mol. The van der Waals surface area contributed by atoms with E-state index in [0.29, 0.717) is 40.7 Å². The van der Waals surface area contributed by atoms with Crippen molar-refractivity contribution in [3.63, 3.8) is 0 Å². The lowest BCUT2D eigenvalue weighted by Crippen LogP contribution is -2.41. The maximum atomic E-state index is 14.0. The SMILES string of the molecule is CCCn1c(=O)cc(Nc2ccc(Cl)cc2)c2c(=O)n(-c3ccccc3)c(=O)n(-c3ccccc3)c21. The second kappa shape index (κ2) is 9.71. The number of hydrogen-bond acceptors (Lipinski definition) is 4. The second-order valence-electron chi connectivity index (χ2n) is 8.31. The van der Waals surface area contributed by atoms with E-state index >= 15 is 0 Å². The molecular formula is C28H23ClN4O3. The van der Waals surface area contributed by atoms with Gasteiger partial charge in [-0.25, -0.2) is 13.9 Å². The molecule has 2 aromatic heterocycles. The van der Waals surface area contributed by atoms with E-state index in [1.165, 1.54) is 15.2 Å². The quantitative estimate of drug-likeness (QED) is 0.353. The Labute approximate surface area is 211 Å². The lowest BCUT2D eigenvalue weighted by atomic mass is 10.2. The Balaban J connectivity index is 1.97. The lowest BCUT2D eigenvalue weighted by molar-refractivity contribution is 0.656. The van der Waals surface area contributed by atoms with Gasteiger partial charge in [0.15, 0.2) is 0 Å². The molecule has 0 bridgehead atoms. The number of rotatable bonds is 6. The molecular weight excluding hydrogens is 476 g/mol. The van der Waals surface area contributed by atoms with E-state index in [0.717, 1.165) is 4.57 Å². The molecule has 180 valence electrons. The first-order valence-corrected chi connectivity index (χ1v) is 12.0. The van der Waals surface area contributed by atoms with Gasteiger partial charge in [0.2, 0.25) is 0 Å². The Morgan fingerprint density at radius 2 is 1.36 bits per heavy atom. The summed E-state index contributed by atoms with van der Waals surface area (Å²) in [6, 6.07) is 26.1. The van der Waals surface area contributed by atoms with Crippen LogP contribution in [0.5, 0.6) is 0 Å². The minimum absolute atomic E-state index is 0.227. The van der Waals surface area contributed by atoms with Crippen molar-refractivity contribution in [2.75, 3.05) is 5.32 Å². The van der Waals surface area contributed by atoms with Gasteiger partial charge in [0, 0.05) is 23.3 Å². The number of pyridine rings is 1. The van der Waals surface area contributed by atoms with Gasteiger partial charge >= 0.3 is 5.69 Å². The van der Waals surface area contributed by atoms with Crippen molar-refractivity contribution in [3.8, 4) is 11.4 Å². The molecule has 0 saturated heterocycles. The van der Waals surface area contributed by atoms with Crippen LogP contribution < -0.4 is 22.1 Å². The summed E-state index contributed by atoms with van der Waals surface area (Å²) < 4.78 is 4.07. The number of aryl methyl sites for hydroxylation is 1. The zero-order valence-electron chi connectivity index (χ0n) is 19.5. The predicted octanol–water partition coefficient (Wildman–Crippen LogP) is 5.11. The zero-order chi connectivity index (χ0) is 25.2. The molecule has 0 saturated carbocycles. The van der Waals surface area contributed by atoms with Gasteiger partial charge in [0.05, 0.1) is 17.1 Å². The van der Waals surface area contributed by atoms with Crippen LogP contribution in [0.3, 0.4) is 0 Å². The third-order valence-corrected chi connectivity index (χ3v) is 6.14. The Bertz CT molecular complexity index is 1720. The largest absolute Gasteiger partial charge is 0.355 e. The number of aromatic nitrogens is 3. The molecule has 0 aliphatic carbocycles. The van der Waals surface area contributed by atoms with Crippen LogP contribution in [0.25, 0.3) is 22.4 Å². The van der Waals surface area contributed by atoms with Crippen LogP contribution in [0.15, 0.2) is 105 Å². The Morgan fingerprint density at radius 3 is 1.94 bits per heavy atom. The van der Waals surface area contributed by atoms with Gasteiger partial charge < -0.3 is 5.32 Å². The molecule has 0 aliphatic heterocycles. The van der Waals surface area contributed by atoms with Gasteiger partial charge in [-0.3, -0.25) is 14.2 Å². The molecule has 0 fully saturated rings. The fourth-order valence-corrected chi connectivity index (χ4v) is 4.43. The number of fused-ring (bicyclic) bond motifs is 1. The van der Waals surface area contributed by atoms with Gasteiger partial charge in [-0.15, -0.1) is 0 Å². The highest BCUT2D eigenvalue weighted by Gasteiger charge is 2.22. The lowest BCUT2D eigenvalue weighted by Gasteiger charge is -2.20. The molecule has 0 amide bonds. The number of nitrogens with one attached hydrogen (secondary N) is 1. The Morgan fingerprint density at radius 1 is 0.778 bits per heavy atom. The van der Waals surface area contributed by atoms with Crippen LogP contribution in [0.4, 0.5) is 11.4 Å². The molecule has 36 heavy (non-hydrogen) atoms. The molecule has 2 heterocycles.